The number of nitrogens with one attached hydrogen (secondary N) is 2. The number of carbonyl (C=O) groups excluding carboxylic acids is 2. The number of carbonyl (C=O) groups is 2. The molecule has 0 aliphatic rings. The van der Waals surface area contributed by atoms with Crippen molar-refractivity contribution < 1.29 is 9.59 Å². The first-order valence-corrected chi connectivity index (χ1v) is 6.77. The molecule has 0 saturated carbocycles. The molecular formula is C15H23N3O2. The molecule has 0 bridgehead atoms. The summed E-state index contributed by atoms with van der Waals surface area (Å²) >= 11 is 0. The number of nitrogens with zero attached hydrogens (tertiary/aromatic N) is 1. The third-order valence-corrected chi connectivity index (χ3v) is 2.93. The van der Waals surface area contributed by atoms with Gasteiger partial charge >= 0.3 is 0 Å². The number of Topliss-reactive ketones (excluding diaryl/α,β-unsaturated/α-hetero) is 1. The number of benzene rings is 1. The number of likely N-dealkylation sites (N-methyl/N-ethyl adjacent to an activating group) is 1. The topological polar surface area (TPSA) is 61.4 Å². The van der Waals surface area contributed by atoms with Crippen molar-refractivity contribution in [1.82, 2.24) is 10.2 Å². The molecule has 1 amide bonds. The standard InChI is InChI=1S/C15H23N3O2/c1-12(19)13-6-4-7-14(10-13)17-15(20)11-18(3)9-5-8-16-2/h4,6-7,10,16H,5,8-9,11H2,1-3H3,(H,17,20). The Labute approximate surface area is 120 Å². The zero-order chi connectivity index (χ0) is 15.0. The molecule has 0 radical (unpaired) electrons. The summed E-state index contributed by atoms with van der Waals surface area (Å²) in [5, 5.41) is 5.88. The molecule has 0 unspecified atom stereocenters. The third-order valence-electron chi connectivity index (χ3n) is 2.93. The number of hydrogen-bond acceptors (Lipinski definition) is 4. The van der Waals surface area contributed by atoms with Crippen molar-refractivity contribution in [2.75, 3.05) is 39.0 Å². The lowest BCUT2D eigenvalue weighted by molar-refractivity contribution is -0.117. The summed E-state index contributed by atoms with van der Waals surface area (Å²) in [6.07, 6.45) is 1.00. The average Bonchev–Trinajstić information content (AvgIpc) is 2.39. The Bertz CT molecular complexity index is 460. The Morgan fingerprint density at radius 2 is 2.05 bits per heavy atom. The summed E-state index contributed by atoms with van der Waals surface area (Å²) < 4.78 is 0. The van der Waals surface area contributed by atoms with E-state index < -0.39 is 0 Å². The maximum absolute atomic E-state index is 11.9. The van der Waals surface area contributed by atoms with Crippen molar-refractivity contribution in [3.8, 4) is 0 Å². The lowest BCUT2D eigenvalue weighted by Crippen LogP contribution is -2.31. The fourth-order valence-corrected chi connectivity index (χ4v) is 1.87. The van der Waals surface area contributed by atoms with Crippen molar-refractivity contribution in [2.24, 2.45) is 0 Å². The summed E-state index contributed by atoms with van der Waals surface area (Å²) in [6.45, 7) is 3.65. The van der Waals surface area contributed by atoms with E-state index in [1.54, 1.807) is 24.3 Å². The van der Waals surface area contributed by atoms with Gasteiger partial charge in [-0.3, -0.25) is 14.5 Å². The average molecular weight is 277 g/mol. The molecule has 0 fully saturated rings. The van der Waals surface area contributed by atoms with Gasteiger partial charge in [0.05, 0.1) is 6.54 Å². The molecule has 2 N–H and O–H groups in total. The Balaban J connectivity index is 2.45. The summed E-state index contributed by atoms with van der Waals surface area (Å²) in [7, 11) is 3.83. The highest BCUT2D eigenvalue weighted by Crippen LogP contribution is 2.11. The Hall–Kier alpha value is -1.72. The molecular weight excluding hydrogens is 254 g/mol. The smallest absolute Gasteiger partial charge is 0.238 e. The van der Waals surface area contributed by atoms with E-state index in [4.69, 9.17) is 0 Å². The highest BCUT2D eigenvalue weighted by atomic mass is 16.2. The van der Waals surface area contributed by atoms with Crippen LogP contribution < -0.4 is 10.6 Å². The molecule has 0 aliphatic heterocycles. The predicted octanol–water partition coefficient (Wildman–Crippen LogP) is 1.37. The molecule has 5 nitrogen and oxygen atoms in total. The molecule has 1 rings (SSSR count). The highest BCUT2D eigenvalue weighted by molar-refractivity contribution is 5.97. The fraction of sp³-hybridized carbons (Fsp3) is 0.467. The van der Waals surface area contributed by atoms with Gasteiger partial charge in [0.1, 0.15) is 0 Å². The van der Waals surface area contributed by atoms with Crippen molar-refractivity contribution >= 4 is 17.4 Å². The van der Waals surface area contributed by atoms with E-state index >= 15 is 0 Å². The maximum Gasteiger partial charge on any atom is 0.238 e. The van der Waals surface area contributed by atoms with Crippen LogP contribution in [-0.4, -0.2) is 50.3 Å². The molecule has 0 heterocycles. The van der Waals surface area contributed by atoms with Gasteiger partial charge in [-0.15, -0.1) is 0 Å². The van der Waals surface area contributed by atoms with Crippen LogP contribution in [0.4, 0.5) is 5.69 Å². The predicted molar refractivity (Wildman–Crippen MR) is 81.1 cm³/mol. The van der Waals surface area contributed by atoms with E-state index in [0.29, 0.717) is 17.8 Å². The van der Waals surface area contributed by atoms with Crippen LogP contribution in [0.5, 0.6) is 0 Å². The Kier molecular flexibility index (Phi) is 6.90. The SMILES string of the molecule is CNCCCN(C)CC(=O)Nc1cccc(C(C)=O)c1. The van der Waals surface area contributed by atoms with E-state index in [-0.39, 0.29) is 11.7 Å². The molecule has 20 heavy (non-hydrogen) atoms. The Morgan fingerprint density at radius 3 is 2.70 bits per heavy atom. The number of ketones is 1. The number of rotatable bonds is 8. The minimum absolute atomic E-state index is 0.00900. The molecule has 0 aromatic heterocycles. The van der Waals surface area contributed by atoms with Crippen LogP contribution in [0, 0.1) is 0 Å². The van der Waals surface area contributed by atoms with Gasteiger partial charge in [0, 0.05) is 11.3 Å². The van der Waals surface area contributed by atoms with Gasteiger partial charge in [-0.25, -0.2) is 0 Å². The first-order chi connectivity index (χ1) is 9.52. The fourth-order valence-electron chi connectivity index (χ4n) is 1.87. The van der Waals surface area contributed by atoms with Crippen LogP contribution in [0.15, 0.2) is 24.3 Å². The van der Waals surface area contributed by atoms with Crippen LogP contribution >= 0.6 is 0 Å². The van der Waals surface area contributed by atoms with Crippen LogP contribution in [0.1, 0.15) is 23.7 Å². The third kappa shape index (κ3) is 5.95. The lowest BCUT2D eigenvalue weighted by Gasteiger charge is -2.16. The zero-order valence-electron chi connectivity index (χ0n) is 12.4. The van der Waals surface area contributed by atoms with Gasteiger partial charge in [-0.1, -0.05) is 12.1 Å². The summed E-state index contributed by atoms with van der Waals surface area (Å²) in [4.78, 5) is 25.1. The zero-order valence-corrected chi connectivity index (χ0v) is 12.4. The van der Waals surface area contributed by atoms with E-state index in [9.17, 15) is 9.59 Å². The highest BCUT2D eigenvalue weighted by Gasteiger charge is 2.07. The van der Waals surface area contributed by atoms with Crippen LogP contribution in [0.25, 0.3) is 0 Å². The maximum atomic E-state index is 11.9. The van der Waals surface area contributed by atoms with Crippen LogP contribution in [-0.2, 0) is 4.79 Å². The second kappa shape index (κ2) is 8.45. The first-order valence-electron chi connectivity index (χ1n) is 6.77. The second-order valence-corrected chi connectivity index (χ2v) is 4.88. The van der Waals surface area contributed by atoms with Gasteiger partial charge in [0.25, 0.3) is 0 Å². The number of hydrogen-bond donors (Lipinski definition) is 2. The van der Waals surface area contributed by atoms with Crippen LogP contribution in [0.2, 0.25) is 0 Å². The quantitative estimate of drug-likeness (QED) is 0.556. The summed E-state index contributed by atoms with van der Waals surface area (Å²) in [6, 6.07) is 6.98. The molecule has 5 heteroatoms. The molecule has 1 aromatic rings. The minimum atomic E-state index is -0.0716. The summed E-state index contributed by atoms with van der Waals surface area (Å²) in [5.74, 6) is -0.0806. The second-order valence-electron chi connectivity index (χ2n) is 4.88. The van der Waals surface area contributed by atoms with Crippen molar-refractivity contribution in [1.29, 1.82) is 0 Å². The largest absolute Gasteiger partial charge is 0.325 e. The van der Waals surface area contributed by atoms with E-state index in [1.807, 2.05) is 19.0 Å². The van der Waals surface area contributed by atoms with Crippen molar-refractivity contribution in [3.05, 3.63) is 29.8 Å². The molecule has 0 spiro atoms. The number of amides is 1. The van der Waals surface area contributed by atoms with Gasteiger partial charge in [0.15, 0.2) is 5.78 Å². The monoisotopic (exact) mass is 277 g/mol. The molecule has 110 valence electrons. The van der Waals surface area contributed by atoms with E-state index in [2.05, 4.69) is 10.6 Å². The van der Waals surface area contributed by atoms with Gasteiger partial charge in [0.2, 0.25) is 5.91 Å². The van der Waals surface area contributed by atoms with Gasteiger partial charge in [-0.2, -0.15) is 0 Å². The lowest BCUT2D eigenvalue weighted by atomic mass is 10.1. The summed E-state index contributed by atoms with van der Waals surface area (Å²) in [5.41, 5.74) is 1.26. The molecule has 0 aliphatic carbocycles. The number of anilines is 1. The molecule has 1 aromatic carbocycles. The van der Waals surface area contributed by atoms with E-state index in [0.717, 1.165) is 19.5 Å². The normalized spacial score (nSPS) is 10.6. The van der Waals surface area contributed by atoms with Crippen LogP contribution in [0.3, 0.4) is 0 Å². The minimum Gasteiger partial charge on any atom is -0.325 e. The Morgan fingerprint density at radius 1 is 1.30 bits per heavy atom. The van der Waals surface area contributed by atoms with Gasteiger partial charge < -0.3 is 10.6 Å². The van der Waals surface area contributed by atoms with E-state index in [1.165, 1.54) is 6.92 Å². The molecule has 0 saturated heterocycles. The van der Waals surface area contributed by atoms with Crippen molar-refractivity contribution in [2.45, 2.75) is 13.3 Å². The van der Waals surface area contributed by atoms with Gasteiger partial charge in [-0.05, 0) is 52.7 Å². The molecule has 0 atom stereocenters. The first kappa shape index (κ1) is 16.3. The van der Waals surface area contributed by atoms with Crippen molar-refractivity contribution in [3.63, 3.8) is 0 Å².